The molecule has 0 radical (unpaired) electrons. The van der Waals surface area contributed by atoms with Crippen molar-refractivity contribution in [2.24, 2.45) is 0 Å². The minimum absolute atomic E-state index is 0. The number of rotatable bonds is 3. The number of benzene rings is 1. The molecule has 19 heavy (non-hydrogen) atoms. The molecule has 1 atom stereocenters. The molecule has 84 valence electrons. The molecular weight excluding hydrogens is 304 g/mol. The molecule has 6 nitrogen and oxygen atoms in total. The summed E-state index contributed by atoms with van der Waals surface area (Å²) in [4.78, 5) is 32.0. The van der Waals surface area contributed by atoms with Gasteiger partial charge in [0.1, 0.15) is 0 Å². The van der Waals surface area contributed by atoms with Crippen molar-refractivity contribution in [2.75, 3.05) is 0 Å². The van der Waals surface area contributed by atoms with E-state index in [1.54, 1.807) is 0 Å². The van der Waals surface area contributed by atoms with Gasteiger partial charge in [0.05, 0.1) is 17.9 Å². The van der Waals surface area contributed by atoms with Crippen LogP contribution in [0.1, 0.15) is 31.1 Å². The van der Waals surface area contributed by atoms with Crippen LogP contribution in [0.4, 0.5) is 0 Å². The van der Waals surface area contributed by atoms with Gasteiger partial charge in [-0.3, -0.25) is 0 Å². The number of aromatic carboxylic acids is 3. The van der Waals surface area contributed by atoms with E-state index in [1.165, 1.54) is 0 Å². The molecule has 0 spiro atoms. The first-order valence-electron chi connectivity index (χ1n) is 3.92. The third kappa shape index (κ3) is 6.14. The van der Waals surface area contributed by atoms with Gasteiger partial charge in [-0.15, -0.1) is 9.24 Å². The molecule has 0 N–H and O–H groups in total. The fourth-order valence-corrected chi connectivity index (χ4v) is 1.58. The summed E-state index contributed by atoms with van der Waals surface area (Å²) in [7, 11) is 1.96. The van der Waals surface area contributed by atoms with Crippen molar-refractivity contribution in [2.45, 2.75) is 0 Å². The van der Waals surface area contributed by atoms with Gasteiger partial charge in [0.25, 0.3) is 0 Å². The predicted octanol–water partition coefficient (Wildman–Crippen LogP) is -12.7. The Labute approximate surface area is 177 Å². The monoisotopic (exact) mass is 308 g/mol. The molecule has 1 aromatic rings. The quantitative estimate of drug-likeness (QED) is 0.404. The minimum Gasteiger partial charge on any atom is -0.545 e. The van der Waals surface area contributed by atoms with E-state index in [0.717, 1.165) is 12.1 Å². The molecule has 0 saturated carbocycles. The molecule has 1 rings (SSSR count). The third-order valence-electron chi connectivity index (χ3n) is 1.87. The Morgan fingerprint density at radius 2 is 1.21 bits per heavy atom. The largest absolute Gasteiger partial charge is 1.00 e. The van der Waals surface area contributed by atoms with E-state index in [0.29, 0.717) is 0 Å². The predicted molar refractivity (Wildman–Crippen MR) is 48.8 cm³/mol. The SMILES string of the molecule is O=C([O-])c1ccc(P)c(C(=O)[O-])c1C(=O)[O-].[Na+].[Na+].[Na+]. The van der Waals surface area contributed by atoms with E-state index < -0.39 is 34.6 Å². The number of hydrogen-bond acceptors (Lipinski definition) is 6. The normalized spacial score (nSPS) is 8.26. The van der Waals surface area contributed by atoms with Gasteiger partial charge in [-0.1, -0.05) is 12.1 Å². The van der Waals surface area contributed by atoms with Crippen molar-refractivity contribution in [3.8, 4) is 0 Å². The molecule has 0 aliphatic rings. The molecule has 0 aliphatic heterocycles. The molecule has 0 fully saturated rings. The van der Waals surface area contributed by atoms with Crippen molar-refractivity contribution in [1.82, 2.24) is 0 Å². The summed E-state index contributed by atoms with van der Waals surface area (Å²) in [5, 5.41) is 32.0. The molecule has 0 saturated heterocycles. The van der Waals surface area contributed by atoms with Crippen molar-refractivity contribution >= 4 is 32.5 Å². The molecule has 0 aromatic heterocycles. The van der Waals surface area contributed by atoms with Gasteiger partial charge in [-0.05, 0) is 5.30 Å². The Bertz CT molecular complexity index is 505. The second kappa shape index (κ2) is 10.7. The zero-order chi connectivity index (χ0) is 12.5. The molecule has 0 aliphatic carbocycles. The van der Waals surface area contributed by atoms with Crippen LogP contribution >= 0.6 is 9.24 Å². The fraction of sp³-hybridized carbons (Fsp3) is 0. The first-order valence-corrected chi connectivity index (χ1v) is 4.50. The van der Waals surface area contributed by atoms with Crippen LogP contribution in [-0.4, -0.2) is 17.9 Å². The van der Waals surface area contributed by atoms with Crippen LogP contribution in [0.15, 0.2) is 12.1 Å². The Morgan fingerprint density at radius 1 is 0.789 bits per heavy atom. The summed E-state index contributed by atoms with van der Waals surface area (Å²) in [6, 6.07) is 2.04. The first-order chi connectivity index (χ1) is 7.36. The summed E-state index contributed by atoms with van der Waals surface area (Å²) < 4.78 is 0. The summed E-state index contributed by atoms with van der Waals surface area (Å²) in [5.74, 6) is -5.51. The molecule has 0 bridgehead atoms. The maximum absolute atomic E-state index is 10.7. The Balaban J connectivity index is -0.000000853. The molecule has 0 heterocycles. The van der Waals surface area contributed by atoms with Crippen LogP contribution in [0.5, 0.6) is 0 Å². The van der Waals surface area contributed by atoms with E-state index in [4.69, 9.17) is 0 Å². The molecular formula is C9H4Na3O6P. The number of carbonyl (C=O) groups is 3. The number of carbonyl (C=O) groups excluding carboxylic acids is 3. The topological polar surface area (TPSA) is 120 Å². The molecule has 1 aromatic carbocycles. The first kappa shape index (κ1) is 25.0. The molecule has 1 unspecified atom stereocenters. The van der Waals surface area contributed by atoms with Gasteiger partial charge in [-0.25, -0.2) is 0 Å². The van der Waals surface area contributed by atoms with Gasteiger partial charge in [0, 0.05) is 16.7 Å². The van der Waals surface area contributed by atoms with Gasteiger partial charge in [0.15, 0.2) is 0 Å². The van der Waals surface area contributed by atoms with E-state index in [-0.39, 0.29) is 94.0 Å². The third-order valence-corrected chi connectivity index (χ3v) is 2.35. The fourth-order valence-electron chi connectivity index (χ4n) is 1.22. The Kier molecular flexibility index (Phi) is 14.2. The van der Waals surface area contributed by atoms with E-state index >= 15 is 0 Å². The zero-order valence-corrected chi connectivity index (χ0v) is 17.8. The van der Waals surface area contributed by atoms with Crippen molar-refractivity contribution < 1.29 is 118 Å². The van der Waals surface area contributed by atoms with Gasteiger partial charge < -0.3 is 29.7 Å². The Hall–Kier alpha value is 1.06. The maximum Gasteiger partial charge on any atom is 1.00 e. The molecule has 10 heteroatoms. The van der Waals surface area contributed by atoms with Crippen molar-refractivity contribution in [3.05, 3.63) is 28.8 Å². The number of carboxylic acid groups (broad SMARTS) is 3. The van der Waals surface area contributed by atoms with Crippen LogP contribution in [0.3, 0.4) is 0 Å². The number of hydrogen-bond donors (Lipinski definition) is 0. The maximum atomic E-state index is 10.7. The van der Waals surface area contributed by atoms with Crippen molar-refractivity contribution in [3.63, 3.8) is 0 Å². The van der Waals surface area contributed by atoms with Crippen molar-refractivity contribution in [1.29, 1.82) is 0 Å². The zero-order valence-electron chi connectivity index (χ0n) is 10.7. The minimum atomic E-state index is -1.91. The Morgan fingerprint density at radius 3 is 1.53 bits per heavy atom. The second-order valence-corrected chi connectivity index (χ2v) is 3.44. The summed E-state index contributed by atoms with van der Waals surface area (Å²) >= 11 is 0. The smallest absolute Gasteiger partial charge is 0.545 e. The average Bonchev–Trinajstić information content (AvgIpc) is 2.15. The standard InChI is InChI=1S/C9H7O6P.3Na/c10-7(11)3-1-2-4(16)6(9(14)15)5(3)8(12)13;;;/h1-2H,16H2,(H,10,11)(H,12,13)(H,14,15);;;/q;3*+1/p-3. The van der Waals surface area contributed by atoms with Gasteiger partial charge >= 0.3 is 88.7 Å². The van der Waals surface area contributed by atoms with Crippen LogP contribution < -0.4 is 109 Å². The van der Waals surface area contributed by atoms with Crippen LogP contribution in [-0.2, 0) is 0 Å². The summed E-state index contributed by atoms with van der Waals surface area (Å²) in [5.41, 5.74) is -2.45. The summed E-state index contributed by atoms with van der Waals surface area (Å²) in [6.07, 6.45) is 0. The number of carboxylic acids is 3. The van der Waals surface area contributed by atoms with E-state index in [1.807, 2.05) is 9.24 Å². The van der Waals surface area contributed by atoms with E-state index in [2.05, 4.69) is 0 Å². The van der Waals surface area contributed by atoms with Crippen LogP contribution in [0, 0.1) is 0 Å². The van der Waals surface area contributed by atoms with Gasteiger partial charge in [-0.2, -0.15) is 0 Å². The van der Waals surface area contributed by atoms with E-state index in [9.17, 15) is 29.7 Å². The average molecular weight is 308 g/mol. The van der Waals surface area contributed by atoms with Crippen LogP contribution in [0.25, 0.3) is 0 Å². The van der Waals surface area contributed by atoms with Crippen LogP contribution in [0.2, 0.25) is 0 Å². The van der Waals surface area contributed by atoms with Gasteiger partial charge in [0.2, 0.25) is 0 Å². The molecule has 0 amide bonds. The summed E-state index contributed by atoms with van der Waals surface area (Å²) in [6.45, 7) is 0. The second-order valence-electron chi connectivity index (χ2n) is 2.81.